The fraction of sp³-hybridized carbons (Fsp3) is 0.250. The highest BCUT2D eigenvalue weighted by Crippen LogP contribution is 1.55. The summed E-state index contributed by atoms with van der Waals surface area (Å²) in [4.78, 5) is 10.3. The number of nitrogens with zero attached hydrogens (tertiary/aromatic N) is 1. The maximum Gasteiger partial charge on any atom is 0.263 e. The lowest BCUT2D eigenvalue weighted by Gasteiger charge is -1.87. The van der Waals surface area contributed by atoms with Crippen molar-refractivity contribution in [2.75, 3.05) is 7.05 Å². The Bertz CT molecular complexity index is 134. The van der Waals surface area contributed by atoms with Gasteiger partial charge in [-0.25, -0.2) is 0 Å². The van der Waals surface area contributed by atoms with E-state index in [4.69, 9.17) is 0 Å². The number of hydrazone groups is 1. The maximum absolute atomic E-state index is 10.3. The fourth-order valence-corrected chi connectivity index (χ4v) is 0.252. The number of hydrogen-bond acceptors (Lipinski definition) is 3. The van der Waals surface area contributed by atoms with Gasteiger partial charge in [0.25, 0.3) is 5.91 Å². The van der Waals surface area contributed by atoms with Gasteiger partial charge in [0.15, 0.2) is 0 Å². The number of amides is 1. The lowest BCUT2D eigenvalue weighted by Crippen LogP contribution is -2.19. The van der Waals surface area contributed by atoms with Crippen LogP contribution in [-0.2, 0) is 4.79 Å². The summed E-state index contributed by atoms with van der Waals surface area (Å²) in [5.41, 5.74) is 3.52. The van der Waals surface area contributed by atoms with Gasteiger partial charge in [0.05, 0.1) is 5.49 Å². The highest BCUT2D eigenvalue weighted by Gasteiger charge is 1.85. The van der Waals surface area contributed by atoms with Crippen molar-refractivity contribution in [2.45, 2.75) is 0 Å². The van der Waals surface area contributed by atoms with Gasteiger partial charge in [0.2, 0.25) is 0 Å². The first-order valence-electron chi connectivity index (χ1n) is 2.25. The van der Waals surface area contributed by atoms with Crippen LogP contribution in [0.2, 0.25) is 0 Å². The molecule has 0 aliphatic heterocycles. The average molecular weight is 145 g/mol. The van der Waals surface area contributed by atoms with E-state index in [2.05, 4.69) is 28.1 Å². The third-order valence-corrected chi connectivity index (χ3v) is 0.661. The topological polar surface area (TPSA) is 53.5 Å². The van der Waals surface area contributed by atoms with Crippen LogP contribution in [0.25, 0.3) is 0 Å². The molecule has 0 heterocycles. The van der Waals surface area contributed by atoms with E-state index >= 15 is 0 Å². The summed E-state index contributed by atoms with van der Waals surface area (Å²) in [5.74, 6) is -0.264. The Balaban J connectivity index is 3.43. The first-order chi connectivity index (χ1) is 4.31. The van der Waals surface area contributed by atoms with Crippen LogP contribution in [0.1, 0.15) is 0 Å². The Morgan fingerprint density at radius 1 is 1.78 bits per heavy atom. The maximum atomic E-state index is 10.3. The van der Waals surface area contributed by atoms with Gasteiger partial charge in [0, 0.05) is 7.05 Å². The minimum absolute atomic E-state index is 0.264. The molecule has 0 aliphatic carbocycles. The van der Waals surface area contributed by atoms with Gasteiger partial charge in [0.1, 0.15) is 6.21 Å². The largest absolute Gasteiger partial charge is 0.354 e. The third-order valence-electron chi connectivity index (χ3n) is 0.555. The summed E-state index contributed by atoms with van der Waals surface area (Å²) in [6.45, 7) is 0. The zero-order chi connectivity index (χ0) is 7.11. The van der Waals surface area contributed by atoms with E-state index in [9.17, 15) is 4.79 Å². The van der Waals surface area contributed by atoms with Crippen molar-refractivity contribution in [3.05, 3.63) is 0 Å². The molecule has 0 bridgehead atoms. The van der Waals surface area contributed by atoms with Crippen LogP contribution < -0.4 is 10.7 Å². The molecular formula is C4H7N3OS. The van der Waals surface area contributed by atoms with Crippen molar-refractivity contribution in [2.24, 2.45) is 5.10 Å². The number of carbonyl (C=O) groups excluding carboxylic acids is 1. The molecule has 1 amide bonds. The molecule has 0 aromatic rings. The highest BCUT2D eigenvalue weighted by molar-refractivity contribution is 7.78. The molecule has 0 saturated carbocycles. The molecule has 0 rings (SSSR count). The Kier molecular flexibility index (Phi) is 4.61. The predicted molar refractivity (Wildman–Crippen MR) is 39.3 cm³/mol. The molecule has 0 aromatic heterocycles. The first kappa shape index (κ1) is 8.03. The summed E-state index contributed by atoms with van der Waals surface area (Å²) in [6.07, 6.45) is 1.10. The Morgan fingerprint density at radius 3 is 2.89 bits per heavy atom. The molecule has 2 N–H and O–H groups in total. The molecule has 0 fully saturated rings. The Hall–Kier alpha value is -0.970. The van der Waals surface area contributed by atoms with Gasteiger partial charge in [-0.1, -0.05) is 12.2 Å². The van der Waals surface area contributed by atoms with E-state index in [0.717, 1.165) is 6.21 Å². The standard InChI is InChI=1S/C4H7N3OS/c1-5-4(8)2-6-7-3-9/h2-3H,1H3,(H,5,8)(H,7,9)/b6-2-. The third kappa shape index (κ3) is 4.89. The van der Waals surface area contributed by atoms with E-state index in [-0.39, 0.29) is 5.91 Å². The number of rotatable bonds is 3. The number of carbonyl (C=O) groups is 1. The monoisotopic (exact) mass is 145 g/mol. The highest BCUT2D eigenvalue weighted by atomic mass is 32.1. The summed E-state index contributed by atoms with van der Waals surface area (Å²) >= 11 is 4.36. The zero-order valence-corrected chi connectivity index (χ0v) is 5.73. The van der Waals surface area contributed by atoms with Crippen LogP contribution in [-0.4, -0.2) is 24.7 Å². The second kappa shape index (κ2) is 5.17. The summed E-state index contributed by atoms with van der Waals surface area (Å²) < 4.78 is 0. The van der Waals surface area contributed by atoms with E-state index in [1.807, 2.05) is 0 Å². The van der Waals surface area contributed by atoms with E-state index in [1.54, 1.807) is 0 Å². The van der Waals surface area contributed by atoms with Crippen LogP contribution >= 0.6 is 12.2 Å². The van der Waals surface area contributed by atoms with E-state index in [1.165, 1.54) is 12.5 Å². The normalized spacial score (nSPS) is 9.00. The summed E-state index contributed by atoms with van der Waals surface area (Å²) in [7, 11) is 1.52. The van der Waals surface area contributed by atoms with Gasteiger partial charge in [-0.2, -0.15) is 5.10 Å². The van der Waals surface area contributed by atoms with E-state index in [0.29, 0.717) is 0 Å². The molecule has 0 saturated heterocycles. The van der Waals surface area contributed by atoms with Gasteiger partial charge in [-0.15, -0.1) is 0 Å². The quantitative estimate of drug-likeness (QED) is 0.312. The minimum Gasteiger partial charge on any atom is -0.354 e. The van der Waals surface area contributed by atoms with Crippen LogP contribution in [0.3, 0.4) is 0 Å². The van der Waals surface area contributed by atoms with Gasteiger partial charge in [-0.05, 0) is 0 Å². The van der Waals surface area contributed by atoms with Crippen LogP contribution in [0.5, 0.6) is 0 Å². The van der Waals surface area contributed by atoms with E-state index < -0.39 is 0 Å². The fourth-order valence-electron chi connectivity index (χ4n) is 0.191. The van der Waals surface area contributed by atoms with Crippen molar-refractivity contribution in [3.63, 3.8) is 0 Å². The molecule has 5 heteroatoms. The second-order valence-electron chi connectivity index (χ2n) is 1.12. The van der Waals surface area contributed by atoms with Crippen molar-refractivity contribution in [1.82, 2.24) is 10.7 Å². The Morgan fingerprint density at radius 2 is 2.44 bits per heavy atom. The smallest absolute Gasteiger partial charge is 0.263 e. The number of nitrogens with one attached hydrogen (secondary N) is 2. The lowest BCUT2D eigenvalue weighted by atomic mass is 10.7. The van der Waals surface area contributed by atoms with Crippen LogP contribution in [0.4, 0.5) is 0 Å². The lowest BCUT2D eigenvalue weighted by molar-refractivity contribution is -0.113. The van der Waals surface area contributed by atoms with Crippen molar-refractivity contribution in [1.29, 1.82) is 0 Å². The van der Waals surface area contributed by atoms with Gasteiger partial charge in [-0.3, -0.25) is 10.2 Å². The molecule has 0 spiro atoms. The number of hydrogen-bond donors (Lipinski definition) is 2. The van der Waals surface area contributed by atoms with Crippen molar-refractivity contribution < 1.29 is 4.79 Å². The van der Waals surface area contributed by atoms with Crippen LogP contribution in [0, 0.1) is 0 Å². The number of thiocarbonyl (C=S) groups is 1. The van der Waals surface area contributed by atoms with Crippen molar-refractivity contribution >= 4 is 29.8 Å². The second-order valence-corrected chi connectivity index (χ2v) is 1.36. The zero-order valence-electron chi connectivity index (χ0n) is 4.92. The molecule has 0 atom stereocenters. The molecule has 9 heavy (non-hydrogen) atoms. The molecule has 50 valence electrons. The molecule has 0 aliphatic rings. The molecular weight excluding hydrogens is 138 g/mol. The predicted octanol–water partition coefficient (Wildman–Crippen LogP) is -0.735. The van der Waals surface area contributed by atoms with Crippen LogP contribution in [0.15, 0.2) is 5.10 Å². The summed E-state index contributed by atoms with van der Waals surface area (Å²) in [6, 6.07) is 0. The molecule has 0 unspecified atom stereocenters. The molecule has 0 radical (unpaired) electrons. The first-order valence-corrected chi connectivity index (χ1v) is 2.72. The minimum atomic E-state index is -0.264. The molecule has 0 aromatic carbocycles. The average Bonchev–Trinajstić information content (AvgIpc) is 1.89. The van der Waals surface area contributed by atoms with Gasteiger partial charge < -0.3 is 5.32 Å². The summed E-state index contributed by atoms with van der Waals surface area (Å²) in [5, 5.41) is 5.76. The SMILES string of the molecule is CNC(=O)/C=N\NC=S. The molecule has 4 nitrogen and oxygen atoms in total. The van der Waals surface area contributed by atoms with Crippen molar-refractivity contribution in [3.8, 4) is 0 Å². The van der Waals surface area contributed by atoms with Gasteiger partial charge >= 0.3 is 0 Å². The Labute approximate surface area is 58.3 Å².